The Labute approximate surface area is 106 Å². The van der Waals surface area contributed by atoms with Gasteiger partial charge in [0.05, 0.1) is 5.39 Å². The van der Waals surface area contributed by atoms with Crippen LogP contribution in [0.5, 0.6) is 0 Å². The van der Waals surface area contributed by atoms with Crippen LogP contribution in [0, 0.1) is 13.8 Å². The molecule has 1 aliphatic rings. The van der Waals surface area contributed by atoms with Crippen LogP contribution in [0.4, 0.5) is 5.82 Å². The molecule has 90 valence electrons. The van der Waals surface area contributed by atoms with Crippen LogP contribution in [0.2, 0.25) is 0 Å². The Kier molecular flexibility index (Phi) is 2.54. The Balaban J connectivity index is 2.23. The van der Waals surface area contributed by atoms with E-state index in [1.165, 1.54) is 23.8 Å². The molecule has 17 heavy (non-hydrogen) atoms. The van der Waals surface area contributed by atoms with Crippen molar-refractivity contribution < 1.29 is 0 Å². The first kappa shape index (κ1) is 11.0. The van der Waals surface area contributed by atoms with Crippen LogP contribution >= 0.6 is 11.3 Å². The van der Waals surface area contributed by atoms with Gasteiger partial charge in [-0.1, -0.05) is 0 Å². The van der Waals surface area contributed by atoms with Gasteiger partial charge in [0.2, 0.25) is 0 Å². The molecule has 0 amide bonds. The minimum absolute atomic E-state index is 0.604. The predicted molar refractivity (Wildman–Crippen MR) is 72.9 cm³/mol. The van der Waals surface area contributed by atoms with E-state index in [1.807, 2.05) is 6.92 Å². The van der Waals surface area contributed by atoms with Crippen molar-refractivity contribution >= 4 is 27.4 Å². The second kappa shape index (κ2) is 3.95. The number of aryl methyl sites for hydroxylation is 2. The van der Waals surface area contributed by atoms with Crippen LogP contribution in [-0.4, -0.2) is 22.6 Å². The van der Waals surface area contributed by atoms with Crippen LogP contribution in [0.3, 0.4) is 0 Å². The van der Waals surface area contributed by atoms with Gasteiger partial charge in [0, 0.05) is 12.6 Å². The van der Waals surface area contributed by atoms with Crippen molar-refractivity contribution in [3.05, 3.63) is 16.8 Å². The quantitative estimate of drug-likeness (QED) is 0.774. The van der Waals surface area contributed by atoms with Crippen molar-refractivity contribution in [1.82, 2.24) is 9.97 Å². The SMILES string of the molecule is Cc1nc(N2CCCC2C)c2c(C)csc2n1. The fourth-order valence-electron chi connectivity index (χ4n) is 2.62. The summed E-state index contributed by atoms with van der Waals surface area (Å²) in [6.45, 7) is 7.56. The number of fused-ring (bicyclic) bond motifs is 1. The molecule has 1 saturated heterocycles. The van der Waals surface area contributed by atoms with Crippen LogP contribution < -0.4 is 4.90 Å². The molecule has 2 aromatic rings. The van der Waals surface area contributed by atoms with Gasteiger partial charge in [0.25, 0.3) is 0 Å². The van der Waals surface area contributed by atoms with Gasteiger partial charge >= 0.3 is 0 Å². The van der Waals surface area contributed by atoms with Gasteiger partial charge < -0.3 is 4.90 Å². The summed E-state index contributed by atoms with van der Waals surface area (Å²) in [5.41, 5.74) is 1.30. The molecule has 1 fully saturated rings. The standard InChI is InChI=1S/C13H17N3S/c1-8-7-17-13-11(8)12(14-10(3)15-13)16-6-4-5-9(16)2/h7,9H,4-6H2,1-3H3. The lowest BCUT2D eigenvalue weighted by molar-refractivity contribution is 0.727. The number of thiophene rings is 1. The molecule has 4 heteroatoms. The van der Waals surface area contributed by atoms with Gasteiger partial charge in [-0.3, -0.25) is 0 Å². The maximum atomic E-state index is 4.69. The molecule has 1 atom stereocenters. The second-order valence-electron chi connectivity index (χ2n) is 4.88. The van der Waals surface area contributed by atoms with Crippen molar-refractivity contribution in [2.24, 2.45) is 0 Å². The largest absolute Gasteiger partial charge is 0.353 e. The topological polar surface area (TPSA) is 29.0 Å². The third kappa shape index (κ3) is 1.71. The van der Waals surface area contributed by atoms with Gasteiger partial charge in [-0.05, 0) is 44.6 Å². The zero-order chi connectivity index (χ0) is 12.0. The van der Waals surface area contributed by atoms with E-state index in [2.05, 4.69) is 34.1 Å². The number of nitrogens with zero attached hydrogens (tertiary/aromatic N) is 3. The van der Waals surface area contributed by atoms with E-state index in [0.717, 1.165) is 23.0 Å². The lowest BCUT2D eigenvalue weighted by Gasteiger charge is -2.23. The average molecular weight is 247 g/mol. The summed E-state index contributed by atoms with van der Waals surface area (Å²) in [6.07, 6.45) is 2.54. The normalized spacial score (nSPS) is 20.4. The number of rotatable bonds is 1. The van der Waals surface area contributed by atoms with Crippen molar-refractivity contribution in [3.8, 4) is 0 Å². The van der Waals surface area contributed by atoms with Crippen LogP contribution in [0.25, 0.3) is 10.2 Å². The van der Waals surface area contributed by atoms with Crippen molar-refractivity contribution in [3.63, 3.8) is 0 Å². The summed E-state index contributed by atoms with van der Waals surface area (Å²) < 4.78 is 0. The number of aromatic nitrogens is 2. The lowest BCUT2D eigenvalue weighted by Crippen LogP contribution is -2.27. The summed E-state index contributed by atoms with van der Waals surface area (Å²) >= 11 is 1.72. The molecule has 3 nitrogen and oxygen atoms in total. The highest BCUT2D eigenvalue weighted by atomic mass is 32.1. The molecule has 0 saturated carbocycles. The molecule has 0 N–H and O–H groups in total. The lowest BCUT2D eigenvalue weighted by atomic mass is 10.2. The van der Waals surface area contributed by atoms with Crippen LogP contribution in [0.1, 0.15) is 31.2 Å². The number of anilines is 1. The van der Waals surface area contributed by atoms with E-state index in [-0.39, 0.29) is 0 Å². The summed E-state index contributed by atoms with van der Waals surface area (Å²) in [7, 11) is 0. The van der Waals surface area contributed by atoms with E-state index < -0.39 is 0 Å². The minimum atomic E-state index is 0.604. The highest BCUT2D eigenvalue weighted by molar-refractivity contribution is 7.17. The maximum Gasteiger partial charge on any atom is 0.141 e. The van der Waals surface area contributed by atoms with Gasteiger partial charge in [-0.2, -0.15) is 0 Å². The van der Waals surface area contributed by atoms with Gasteiger partial charge in [-0.25, -0.2) is 9.97 Å². The fourth-order valence-corrected chi connectivity index (χ4v) is 3.58. The minimum Gasteiger partial charge on any atom is -0.353 e. The summed E-state index contributed by atoms with van der Waals surface area (Å²) in [5.74, 6) is 2.03. The zero-order valence-corrected chi connectivity index (χ0v) is 11.3. The Hall–Kier alpha value is -1.16. The highest BCUT2D eigenvalue weighted by Gasteiger charge is 2.24. The van der Waals surface area contributed by atoms with E-state index in [1.54, 1.807) is 11.3 Å². The Morgan fingerprint density at radius 1 is 1.35 bits per heavy atom. The molecule has 0 aromatic carbocycles. The molecule has 0 spiro atoms. The number of hydrogen-bond acceptors (Lipinski definition) is 4. The van der Waals surface area contributed by atoms with E-state index in [4.69, 9.17) is 0 Å². The van der Waals surface area contributed by atoms with E-state index in [9.17, 15) is 0 Å². The molecular formula is C13H17N3S. The van der Waals surface area contributed by atoms with Gasteiger partial charge in [0.1, 0.15) is 16.5 Å². The summed E-state index contributed by atoms with van der Waals surface area (Å²) in [6, 6.07) is 0.604. The Morgan fingerprint density at radius 2 is 2.18 bits per heavy atom. The molecule has 1 aliphatic heterocycles. The molecule has 2 aromatic heterocycles. The molecule has 0 radical (unpaired) electrons. The van der Waals surface area contributed by atoms with Crippen LogP contribution in [0.15, 0.2) is 5.38 Å². The second-order valence-corrected chi connectivity index (χ2v) is 5.74. The van der Waals surface area contributed by atoms with Crippen molar-refractivity contribution in [2.45, 2.75) is 39.7 Å². The van der Waals surface area contributed by atoms with E-state index >= 15 is 0 Å². The molecule has 1 unspecified atom stereocenters. The zero-order valence-electron chi connectivity index (χ0n) is 10.5. The molecular weight excluding hydrogens is 230 g/mol. The first-order valence-corrected chi connectivity index (χ1v) is 7.04. The molecule has 0 bridgehead atoms. The van der Waals surface area contributed by atoms with Crippen LogP contribution in [-0.2, 0) is 0 Å². The van der Waals surface area contributed by atoms with Gasteiger partial charge in [-0.15, -0.1) is 11.3 Å². The monoisotopic (exact) mass is 247 g/mol. The van der Waals surface area contributed by atoms with Crippen molar-refractivity contribution in [1.29, 1.82) is 0 Å². The third-order valence-electron chi connectivity index (χ3n) is 3.54. The third-order valence-corrected chi connectivity index (χ3v) is 4.53. The summed E-state index contributed by atoms with van der Waals surface area (Å²) in [5, 5.41) is 3.44. The fraction of sp³-hybridized carbons (Fsp3) is 0.538. The number of hydrogen-bond donors (Lipinski definition) is 0. The molecule has 3 heterocycles. The molecule has 3 rings (SSSR count). The van der Waals surface area contributed by atoms with E-state index in [0.29, 0.717) is 6.04 Å². The molecule has 0 aliphatic carbocycles. The Bertz CT molecular complexity index is 561. The maximum absolute atomic E-state index is 4.69. The first-order chi connectivity index (χ1) is 8.16. The smallest absolute Gasteiger partial charge is 0.141 e. The van der Waals surface area contributed by atoms with Gasteiger partial charge in [0.15, 0.2) is 0 Å². The first-order valence-electron chi connectivity index (χ1n) is 6.16. The van der Waals surface area contributed by atoms with Crippen molar-refractivity contribution in [2.75, 3.05) is 11.4 Å². The summed E-state index contributed by atoms with van der Waals surface area (Å²) in [4.78, 5) is 12.8. The highest BCUT2D eigenvalue weighted by Crippen LogP contribution is 2.34. The average Bonchev–Trinajstić information content (AvgIpc) is 2.85. The predicted octanol–water partition coefficient (Wildman–Crippen LogP) is 3.30. The Morgan fingerprint density at radius 3 is 2.88 bits per heavy atom.